The number of hydrogen-bond acceptors (Lipinski definition) is 5. The van der Waals surface area contributed by atoms with Crippen molar-refractivity contribution in [2.24, 2.45) is 5.92 Å². The van der Waals surface area contributed by atoms with E-state index >= 15 is 0 Å². The van der Waals surface area contributed by atoms with E-state index < -0.39 is 11.8 Å². The highest BCUT2D eigenvalue weighted by Crippen LogP contribution is 2.31. The van der Waals surface area contributed by atoms with Crippen LogP contribution >= 0.6 is 11.3 Å². The number of hydrogen-bond donors (Lipinski definition) is 0. The Hall–Kier alpha value is -1.95. The van der Waals surface area contributed by atoms with Crippen LogP contribution in [0, 0.1) is 18.7 Å². The number of aromatic nitrogens is 1. The van der Waals surface area contributed by atoms with E-state index in [1.807, 2.05) is 13.8 Å². The number of rotatable bonds is 6. The van der Waals surface area contributed by atoms with Crippen LogP contribution < -0.4 is 4.74 Å². The van der Waals surface area contributed by atoms with Crippen molar-refractivity contribution < 1.29 is 18.7 Å². The smallest absolute Gasteiger partial charge is 0.350 e. The van der Waals surface area contributed by atoms with Crippen molar-refractivity contribution in [1.82, 2.24) is 4.98 Å². The lowest BCUT2D eigenvalue weighted by atomic mass is 10.2. The lowest BCUT2D eigenvalue weighted by Gasteiger charge is -2.09. The highest BCUT2D eigenvalue weighted by Gasteiger charge is 2.18. The van der Waals surface area contributed by atoms with Gasteiger partial charge in [-0.1, -0.05) is 13.8 Å². The first-order valence-corrected chi connectivity index (χ1v) is 8.31. The third kappa shape index (κ3) is 4.28. The summed E-state index contributed by atoms with van der Waals surface area (Å²) in [5.74, 6) is -0.288. The summed E-state index contributed by atoms with van der Waals surface area (Å²) < 4.78 is 24.5. The van der Waals surface area contributed by atoms with Gasteiger partial charge >= 0.3 is 5.97 Å². The lowest BCUT2D eigenvalue weighted by molar-refractivity contribution is 0.0531. The van der Waals surface area contributed by atoms with E-state index in [-0.39, 0.29) is 5.75 Å². The molecule has 23 heavy (non-hydrogen) atoms. The monoisotopic (exact) mass is 337 g/mol. The van der Waals surface area contributed by atoms with Crippen molar-refractivity contribution in [1.29, 1.82) is 0 Å². The number of benzene rings is 1. The van der Waals surface area contributed by atoms with Gasteiger partial charge in [-0.05, 0) is 38.0 Å². The van der Waals surface area contributed by atoms with E-state index in [1.54, 1.807) is 26.0 Å². The molecule has 2 aromatic rings. The molecule has 0 N–H and O–H groups in total. The normalized spacial score (nSPS) is 10.9. The SMILES string of the molecule is CCOC(=O)c1sc(-c2ccc(OCC(C)C)c(F)c2)nc1C. The molecule has 0 aliphatic rings. The van der Waals surface area contributed by atoms with Crippen molar-refractivity contribution in [3.05, 3.63) is 34.6 Å². The molecule has 0 atom stereocenters. The molecule has 0 radical (unpaired) electrons. The molecule has 6 heteroatoms. The van der Waals surface area contributed by atoms with Crippen LogP contribution in [0.2, 0.25) is 0 Å². The third-order valence-electron chi connectivity index (χ3n) is 3.01. The van der Waals surface area contributed by atoms with Gasteiger partial charge in [0.1, 0.15) is 9.88 Å². The van der Waals surface area contributed by atoms with E-state index in [1.165, 1.54) is 17.4 Å². The summed E-state index contributed by atoms with van der Waals surface area (Å²) in [6.45, 7) is 8.26. The third-order valence-corrected chi connectivity index (χ3v) is 4.19. The second-order valence-electron chi connectivity index (χ2n) is 5.50. The molecular weight excluding hydrogens is 317 g/mol. The van der Waals surface area contributed by atoms with E-state index in [0.717, 1.165) is 0 Å². The molecule has 1 aromatic heterocycles. The summed E-state index contributed by atoms with van der Waals surface area (Å²) in [5.41, 5.74) is 1.20. The van der Waals surface area contributed by atoms with Gasteiger partial charge in [0.05, 0.1) is 18.9 Å². The second kappa shape index (κ2) is 7.55. The minimum atomic E-state index is -0.436. The maximum atomic E-state index is 14.1. The molecule has 0 saturated heterocycles. The molecule has 0 bridgehead atoms. The molecule has 0 fully saturated rings. The van der Waals surface area contributed by atoms with Crippen molar-refractivity contribution in [3.8, 4) is 16.3 Å². The number of carbonyl (C=O) groups excluding carboxylic acids is 1. The summed E-state index contributed by atoms with van der Waals surface area (Å²) in [6.07, 6.45) is 0. The molecule has 0 saturated carbocycles. The molecule has 2 rings (SSSR count). The predicted octanol–water partition coefficient (Wildman–Crippen LogP) is 4.47. The van der Waals surface area contributed by atoms with E-state index in [4.69, 9.17) is 9.47 Å². The zero-order chi connectivity index (χ0) is 17.0. The van der Waals surface area contributed by atoms with E-state index in [0.29, 0.717) is 40.3 Å². The molecule has 0 aliphatic carbocycles. The fraction of sp³-hybridized carbons (Fsp3) is 0.412. The molecule has 1 aromatic carbocycles. The molecule has 124 valence electrons. The Balaban J connectivity index is 2.24. The number of ether oxygens (including phenoxy) is 2. The summed E-state index contributed by atoms with van der Waals surface area (Å²) in [5, 5.41) is 0.583. The van der Waals surface area contributed by atoms with E-state index in [9.17, 15) is 9.18 Å². The first kappa shape index (κ1) is 17.4. The summed E-state index contributed by atoms with van der Waals surface area (Å²) in [4.78, 5) is 16.6. The first-order chi connectivity index (χ1) is 10.9. The highest BCUT2D eigenvalue weighted by molar-refractivity contribution is 7.17. The molecule has 4 nitrogen and oxygen atoms in total. The van der Waals surface area contributed by atoms with Crippen LogP contribution in [0.3, 0.4) is 0 Å². The maximum absolute atomic E-state index is 14.1. The standard InChI is InChI=1S/C17H20FNO3S/c1-5-21-17(20)15-11(4)19-16(23-15)12-6-7-14(13(18)8-12)22-9-10(2)3/h6-8,10H,5,9H2,1-4H3. The van der Waals surface area contributed by atoms with Crippen LogP contribution in [0.4, 0.5) is 4.39 Å². The fourth-order valence-electron chi connectivity index (χ4n) is 1.91. The fourth-order valence-corrected chi connectivity index (χ4v) is 2.87. The topological polar surface area (TPSA) is 48.4 Å². The first-order valence-electron chi connectivity index (χ1n) is 7.49. The average molecular weight is 337 g/mol. The molecule has 0 spiro atoms. The zero-order valence-electron chi connectivity index (χ0n) is 13.7. The second-order valence-corrected chi connectivity index (χ2v) is 6.50. The zero-order valence-corrected chi connectivity index (χ0v) is 14.5. The van der Waals surface area contributed by atoms with Gasteiger partial charge in [-0.25, -0.2) is 14.2 Å². The minimum Gasteiger partial charge on any atom is -0.490 e. The maximum Gasteiger partial charge on any atom is 0.350 e. The van der Waals surface area contributed by atoms with Crippen LogP contribution in [-0.4, -0.2) is 24.2 Å². The molecule has 0 aliphatic heterocycles. The van der Waals surface area contributed by atoms with Gasteiger partial charge in [-0.15, -0.1) is 11.3 Å². The Morgan fingerprint density at radius 2 is 2.13 bits per heavy atom. The van der Waals surface area contributed by atoms with Crippen molar-refractivity contribution >= 4 is 17.3 Å². The van der Waals surface area contributed by atoms with Gasteiger partial charge in [-0.3, -0.25) is 0 Å². The number of nitrogens with zero attached hydrogens (tertiary/aromatic N) is 1. The Morgan fingerprint density at radius 1 is 1.39 bits per heavy atom. The number of esters is 1. The summed E-state index contributed by atoms with van der Waals surface area (Å²) >= 11 is 1.20. The Bertz CT molecular complexity index is 697. The summed E-state index contributed by atoms with van der Waals surface area (Å²) in [7, 11) is 0. The van der Waals surface area contributed by atoms with Crippen LogP contribution in [-0.2, 0) is 4.74 Å². The highest BCUT2D eigenvalue weighted by atomic mass is 32.1. The van der Waals surface area contributed by atoms with Gasteiger partial charge in [0.25, 0.3) is 0 Å². The van der Waals surface area contributed by atoms with Gasteiger partial charge in [-0.2, -0.15) is 0 Å². The van der Waals surface area contributed by atoms with Gasteiger partial charge in [0.15, 0.2) is 11.6 Å². The molecule has 1 heterocycles. The molecule has 0 unspecified atom stereocenters. The quantitative estimate of drug-likeness (QED) is 0.730. The molecule has 0 amide bonds. The largest absolute Gasteiger partial charge is 0.490 e. The number of carbonyl (C=O) groups is 1. The van der Waals surface area contributed by atoms with Crippen LogP contribution in [0.1, 0.15) is 36.1 Å². The van der Waals surface area contributed by atoms with E-state index in [2.05, 4.69) is 4.98 Å². The van der Waals surface area contributed by atoms with Crippen molar-refractivity contribution in [3.63, 3.8) is 0 Å². The van der Waals surface area contributed by atoms with Crippen molar-refractivity contribution in [2.45, 2.75) is 27.7 Å². The Kier molecular flexibility index (Phi) is 5.71. The van der Waals surface area contributed by atoms with Crippen molar-refractivity contribution in [2.75, 3.05) is 13.2 Å². The number of halogens is 1. The number of aryl methyl sites for hydroxylation is 1. The van der Waals surface area contributed by atoms with Crippen LogP contribution in [0.15, 0.2) is 18.2 Å². The van der Waals surface area contributed by atoms with Gasteiger partial charge in [0.2, 0.25) is 0 Å². The summed E-state index contributed by atoms with van der Waals surface area (Å²) in [6, 6.07) is 4.71. The average Bonchev–Trinajstić information content (AvgIpc) is 2.88. The van der Waals surface area contributed by atoms with Crippen LogP contribution in [0.5, 0.6) is 5.75 Å². The Morgan fingerprint density at radius 3 is 2.74 bits per heavy atom. The predicted molar refractivity (Wildman–Crippen MR) is 88.5 cm³/mol. The lowest BCUT2D eigenvalue weighted by Crippen LogP contribution is -2.05. The number of thiazole rings is 1. The minimum absolute atomic E-state index is 0.223. The Labute approximate surface area is 139 Å². The van der Waals surface area contributed by atoms with Gasteiger partial charge < -0.3 is 9.47 Å². The molecular formula is C17H20FNO3S. The van der Waals surface area contributed by atoms with Crippen LogP contribution in [0.25, 0.3) is 10.6 Å². The van der Waals surface area contributed by atoms with Gasteiger partial charge in [0, 0.05) is 5.56 Å².